The van der Waals surface area contributed by atoms with E-state index in [0.29, 0.717) is 5.92 Å². The SMILES string of the molecule is Clc1ccc2c(c1)C(Cc1ccccc1)c1ccccc1CC2. The third-order valence-electron chi connectivity index (χ3n) is 4.86. The van der Waals surface area contributed by atoms with Crippen molar-refractivity contribution in [3.05, 3.63) is 106 Å². The Morgan fingerprint density at radius 3 is 2.26 bits per heavy atom. The zero-order chi connectivity index (χ0) is 15.6. The fourth-order valence-corrected chi connectivity index (χ4v) is 3.91. The lowest BCUT2D eigenvalue weighted by Gasteiger charge is -2.21. The molecular weight excluding hydrogens is 300 g/mol. The molecule has 0 spiro atoms. The van der Waals surface area contributed by atoms with E-state index < -0.39 is 0 Å². The van der Waals surface area contributed by atoms with Crippen LogP contribution in [0.3, 0.4) is 0 Å². The Bertz CT molecular complexity index is 820. The first-order valence-electron chi connectivity index (χ1n) is 8.21. The van der Waals surface area contributed by atoms with Crippen LogP contribution < -0.4 is 0 Å². The van der Waals surface area contributed by atoms with E-state index >= 15 is 0 Å². The standard InChI is InChI=1S/C22H19Cl/c23-19-13-12-18-11-10-17-8-4-5-9-20(17)22(21(18)15-19)14-16-6-2-1-3-7-16/h1-9,12-13,15,22H,10-11,14H2. The molecule has 0 nitrogen and oxygen atoms in total. The smallest absolute Gasteiger partial charge is 0.0409 e. The topological polar surface area (TPSA) is 0 Å². The minimum absolute atomic E-state index is 0.379. The molecule has 0 bridgehead atoms. The predicted octanol–water partition coefficient (Wildman–Crippen LogP) is 5.81. The summed E-state index contributed by atoms with van der Waals surface area (Å²) in [5.74, 6) is 0.379. The molecule has 1 heteroatoms. The van der Waals surface area contributed by atoms with Gasteiger partial charge in [0.25, 0.3) is 0 Å². The van der Waals surface area contributed by atoms with Gasteiger partial charge >= 0.3 is 0 Å². The summed E-state index contributed by atoms with van der Waals surface area (Å²) in [5.41, 5.74) is 7.14. The summed E-state index contributed by atoms with van der Waals surface area (Å²) >= 11 is 6.33. The second-order valence-corrected chi connectivity index (χ2v) is 6.72. The maximum atomic E-state index is 6.33. The van der Waals surface area contributed by atoms with Crippen LogP contribution in [0.2, 0.25) is 5.02 Å². The molecule has 1 aliphatic carbocycles. The van der Waals surface area contributed by atoms with Crippen LogP contribution in [0.1, 0.15) is 33.7 Å². The summed E-state index contributed by atoms with van der Waals surface area (Å²) in [6, 6.07) is 26.1. The van der Waals surface area contributed by atoms with Gasteiger partial charge in [-0.25, -0.2) is 0 Å². The highest BCUT2D eigenvalue weighted by Crippen LogP contribution is 2.37. The molecule has 0 saturated carbocycles. The van der Waals surface area contributed by atoms with Crippen molar-refractivity contribution >= 4 is 11.6 Å². The number of aryl methyl sites for hydroxylation is 2. The first-order chi connectivity index (χ1) is 11.3. The monoisotopic (exact) mass is 318 g/mol. The fraction of sp³-hybridized carbons (Fsp3) is 0.182. The summed E-state index contributed by atoms with van der Waals surface area (Å²) < 4.78 is 0. The first-order valence-corrected chi connectivity index (χ1v) is 8.59. The minimum Gasteiger partial charge on any atom is -0.0843 e. The Labute approximate surface area is 142 Å². The zero-order valence-corrected chi connectivity index (χ0v) is 13.8. The molecule has 0 amide bonds. The zero-order valence-electron chi connectivity index (χ0n) is 13.0. The van der Waals surface area contributed by atoms with Gasteiger partial charge in [-0.2, -0.15) is 0 Å². The minimum atomic E-state index is 0.379. The molecule has 3 aromatic carbocycles. The van der Waals surface area contributed by atoms with Gasteiger partial charge in [0.05, 0.1) is 0 Å². The van der Waals surface area contributed by atoms with Crippen LogP contribution in [0.15, 0.2) is 72.8 Å². The average molecular weight is 319 g/mol. The van der Waals surface area contributed by atoms with Gasteiger partial charge in [-0.3, -0.25) is 0 Å². The Balaban J connectivity index is 1.86. The number of benzene rings is 3. The number of halogens is 1. The molecule has 0 N–H and O–H groups in total. The van der Waals surface area contributed by atoms with Gasteiger partial charge < -0.3 is 0 Å². The van der Waals surface area contributed by atoms with Crippen LogP contribution in [0, 0.1) is 0 Å². The highest BCUT2D eigenvalue weighted by molar-refractivity contribution is 6.30. The largest absolute Gasteiger partial charge is 0.0843 e. The molecule has 1 aliphatic rings. The van der Waals surface area contributed by atoms with Crippen LogP contribution in [0.4, 0.5) is 0 Å². The van der Waals surface area contributed by atoms with Crippen molar-refractivity contribution in [2.75, 3.05) is 0 Å². The summed E-state index contributed by atoms with van der Waals surface area (Å²) in [6.45, 7) is 0. The van der Waals surface area contributed by atoms with Crippen LogP contribution >= 0.6 is 11.6 Å². The normalized spacial score (nSPS) is 16.3. The number of fused-ring (bicyclic) bond motifs is 2. The molecule has 0 heterocycles. The van der Waals surface area contributed by atoms with Crippen molar-refractivity contribution in [3.8, 4) is 0 Å². The van der Waals surface area contributed by atoms with E-state index in [1.54, 1.807) is 0 Å². The molecule has 4 rings (SSSR count). The molecule has 3 aromatic rings. The predicted molar refractivity (Wildman–Crippen MR) is 97.3 cm³/mol. The quantitative estimate of drug-likeness (QED) is 0.559. The van der Waals surface area contributed by atoms with Crippen LogP contribution in [-0.4, -0.2) is 0 Å². The van der Waals surface area contributed by atoms with Gasteiger partial charge in [-0.15, -0.1) is 0 Å². The number of hydrogen-bond donors (Lipinski definition) is 0. The van der Waals surface area contributed by atoms with Gasteiger partial charge in [-0.1, -0.05) is 72.3 Å². The fourth-order valence-electron chi connectivity index (χ4n) is 3.73. The van der Waals surface area contributed by atoms with E-state index in [1.165, 1.54) is 27.8 Å². The van der Waals surface area contributed by atoms with E-state index in [1.807, 2.05) is 6.07 Å². The third-order valence-corrected chi connectivity index (χ3v) is 5.10. The Morgan fingerprint density at radius 1 is 0.739 bits per heavy atom. The molecule has 114 valence electrons. The summed E-state index contributed by atoms with van der Waals surface area (Å²) in [6.07, 6.45) is 3.22. The Hall–Kier alpha value is -2.05. The average Bonchev–Trinajstić information content (AvgIpc) is 2.74. The van der Waals surface area contributed by atoms with Gasteiger partial charge in [-0.05, 0) is 59.2 Å². The van der Waals surface area contributed by atoms with Crippen molar-refractivity contribution in [2.45, 2.75) is 25.2 Å². The lowest BCUT2D eigenvalue weighted by Crippen LogP contribution is -2.07. The number of rotatable bonds is 2. The highest BCUT2D eigenvalue weighted by atomic mass is 35.5. The van der Waals surface area contributed by atoms with Crippen molar-refractivity contribution < 1.29 is 0 Å². The van der Waals surface area contributed by atoms with E-state index in [0.717, 1.165) is 24.3 Å². The van der Waals surface area contributed by atoms with Gasteiger partial charge in [0.2, 0.25) is 0 Å². The highest BCUT2D eigenvalue weighted by Gasteiger charge is 2.23. The molecule has 0 radical (unpaired) electrons. The third kappa shape index (κ3) is 2.92. The van der Waals surface area contributed by atoms with E-state index in [4.69, 9.17) is 11.6 Å². The summed E-state index contributed by atoms with van der Waals surface area (Å²) in [4.78, 5) is 0. The van der Waals surface area contributed by atoms with E-state index in [-0.39, 0.29) is 0 Å². The molecule has 1 atom stereocenters. The maximum absolute atomic E-state index is 6.33. The lowest BCUT2D eigenvalue weighted by molar-refractivity contribution is 0.799. The number of hydrogen-bond acceptors (Lipinski definition) is 0. The van der Waals surface area contributed by atoms with Crippen molar-refractivity contribution in [2.24, 2.45) is 0 Å². The van der Waals surface area contributed by atoms with Gasteiger partial charge in [0.15, 0.2) is 0 Å². The second kappa shape index (κ2) is 6.22. The second-order valence-electron chi connectivity index (χ2n) is 6.28. The van der Waals surface area contributed by atoms with Crippen molar-refractivity contribution in [3.63, 3.8) is 0 Å². The van der Waals surface area contributed by atoms with E-state index in [9.17, 15) is 0 Å². The van der Waals surface area contributed by atoms with Gasteiger partial charge in [0.1, 0.15) is 0 Å². The van der Waals surface area contributed by atoms with Crippen LogP contribution in [0.5, 0.6) is 0 Å². The molecule has 0 aromatic heterocycles. The molecule has 1 unspecified atom stereocenters. The molecule has 23 heavy (non-hydrogen) atoms. The molecule has 0 fully saturated rings. The first kappa shape index (κ1) is 14.5. The van der Waals surface area contributed by atoms with Gasteiger partial charge in [0, 0.05) is 10.9 Å². The van der Waals surface area contributed by atoms with E-state index in [2.05, 4.69) is 66.7 Å². The molecule has 0 saturated heterocycles. The summed E-state index contributed by atoms with van der Waals surface area (Å²) in [5, 5.41) is 0.834. The molecular formula is C22H19Cl. The van der Waals surface area contributed by atoms with Crippen molar-refractivity contribution in [1.82, 2.24) is 0 Å². The maximum Gasteiger partial charge on any atom is 0.0409 e. The molecule has 0 aliphatic heterocycles. The van der Waals surface area contributed by atoms with Crippen LogP contribution in [0.25, 0.3) is 0 Å². The Kier molecular flexibility index (Phi) is 3.93. The Morgan fingerprint density at radius 2 is 1.43 bits per heavy atom. The van der Waals surface area contributed by atoms with Crippen LogP contribution in [-0.2, 0) is 19.3 Å². The summed E-state index contributed by atoms with van der Waals surface area (Å²) in [7, 11) is 0. The van der Waals surface area contributed by atoms with Crippen molar-refractivity contribution in [1.29, 1.82) is 0 Å². The lowest BCUT2D eigenvalue weighted by atomic mass is 9.83.